The van der Waals surface area contributed by atoms with Crippen molar-refractivity contribution in [3.63, 3.8) is 0 Å². The summed E-state index contributed by atoms with van der Waals surface area (Å²) in [6.45, 7) is 0. The van der Waals surface area contributed by atoms with E-state index >= 15 is 0 Å². The molecule has 1 saturated carbocycles. The van der Waals surface area contributed by atoms with Gasteiger partial charge in [0.25, 0.3) is 5.91 Å². The maximum atomic E-state index is 11.8. The Kier molecular flexibility index (Phi) is 2.67. The number of hydrogen-bond acceptors (Lipinski definition) is 4. The number of rotatable bonds is 3. The fourth-order valence-electron chi connectivity index (χ4n) is 1.56. The molecule has 6 nitrogen and oxygen atoms in total. The zero-order chi connectivity index (χ0) is 12.5. The average molecular weight is 261 g/mol. The van der Waals surface area contributed by atoms with Gasteiger partial charge in [0.15, 0.2) is 5.69 Å². The Morgan fingerprint density at radius 1 is 1.56 bits per heavy atom. The van der Waals surface area contributed by atoms with Crippen molar-refractivity contribution in [2.24, 2.45) is 0 Å². The van der Waals surface area contributed by atoms with E-state index in [1.807, 2.05) is 0 Å². The molecule has 18 heavy (non-hydrogen) atoms. The molecule has 0 radical (unpaired) electrons. The lowest BCUT2D eigenvalue weighted by molar-refractivity contribution is 0.0945. The van der Waals surface area contributed by atoms with E-state index in [-0.39, 0.29) is 5.91 Å². The molecular weight excluding hydrogens is 250 g/mol. The number of aromatic nitrogens is 4. The molecule has 0 saturated heterocycles. The van der Waals surface area contributed by atoms with Crippen LogP contribution in [0, 0.1) is 4.64 Å². The van der Waals surface area contributed by atoms with Gasteiger partial charge in [-0.1, -0.05) is 12.2 Å². The minimum atomic E-state index is -0.135. The summed E-state index contributed by atoms with van der Waals surface area (Å²) < 4.78 is 2.04. The molecular formula is C11H11N5OS. The number of carbonyl (C=O) groups is 1. The van der Waals surface area contributed by atoms with Gasteiger partial charge in [0.1, 0.15) is 10.5 Å². The fourth-order valence-corrected chi connectivity index (χ4v) is 1.72. The maximum Gasteiger partial charge on any atom is 0.272 e. The summed E-state index contributed by atoms with van der Waals surface area (Å²) in [5, 5.41) is 7.09. The SMILES string of the molecule is O=C(NC1CC1)c1ccn(-c2cc(=S)nc[nH]2)n1. The Balaban J connectivity index is 1.84. The van der Waals surface area contributed by atoms with Gasteiger partial charge in [-0.2, -0.15) is 5.10 Å². The topological polar surface area (TPSA) is 75.6 Å². The summed E-state index contributed by atoms with van der Waals surface area (Å²) in [7, 11) is 0. The van der Waals surface area contributed by atoms with E-state index < -0.39 is 0 Å². The van der Waals surface area contributed by atoms with E-state index in [1.165, 1.54) is 6.33 Å². The number of nitrogens with one attached hydrogen (secondary N) is 2. The number of aromatic amines is 1. The van der Waals surface area contributed by atoms with Crippen LogP contribution in [0.4, 0.5) is 0 Å². The lowest BCUT2D eigenvalue weighted by Crippen LogP contribution is -2.25. The number of hydrogen-bond donors (Lipinski definition) is 2. The van der Waals surface area contributed by atoms with Crippen molar-refractivity contribution >= 4 is 18.1 Å². The van der Waals surface area contributed by atoms with Crippen LogP contribution in [0.15, 0.2) is 24.7 Å². The summed E-state index contributed by atoms with van der Waals surface area (Å²) in [6, 6.07) is 3.69. The molecule has 7 heteroatoms. The van der Waals surface area contributed by atoms with Gasteiger partial charge in [-0.25, -0.2) is 9.67 Å². The van der Waals surface area contributed by atoms with Crippen LogP contribution in [0.1, 0.15) is 23.3 Å². The molecule has 3 rings (SSSR count). The first kappa shape index (κ1) is 11.1. The van der Waals surface area contributed by atoms with Crippen LogP contribution in [0.25, 0.3) is 5.82 Å². The van der Waals surface area contributed by atoms with Gasteiger partial charge >= 0.3 is 0 Å². The Morgan fingerprint density at radius 2 is 2.39 bits per heavy atom. The van der Waals surface area contributed by atoms with Gasteiger partial charge in [-0.3, -0.25) is 4.79 Å². The molecule has 1 aliphatic rings. The van der Waals surface area contributed by atoms with E-state index in [1.54, 1.807) is 23.0 Å². The van der Waals surface area contributed by atoms with Crippen LogP contribution in [0.2, 0.25) is 0 Å². The first-order chi connectivity index (χ1) is 8.72. The highest BCUT2D eigenvalue weighted by molar-refractivity contribution is 7.71. The first-order valence-electron chi connectivity index (χ1n) is 5.64. The number of nitrogens with zero attached hydrogens (tertiary/aromatic N) is 3. The van der Waals surface area contributed by atoms with Crippen molar-refractivity contribution in [1.29, 1.82) is 0 Å². The van der Waals surface area contributed by atoms with E-state index in [0.29, 0.717) is 22.2 Å². The summed E-state index contributed by atoms with van der Waals surface area (Å²) >= 11 is 4.97. The second-order valence-corrected chi connectivity index (χ2v) is 4.58. The Labute approximate surface area is 108 Å². The number of amides is 1. The van der Waals surface area contributed by atoms with Crippen LogP contribution in [-0.2, 0) is 0 Å². The van der Waals surface area contributed by atoms with E-state index in [9.17, 15) is 4.79 Å². The van der Waals surface area contributed by atoms with Gasteiger partial charge in [0.2, 0.25) is 0 Å². The molecule has 1 aliphatic carbocycles. The van der Waals surface area contributed by atoms with E-state index in [2.05, 4.69) is 20.4 Å². The van der Waals surface area contributed by atoms with Gasteiger partial charge in [-0.05, 0) is 18.9 Å². The Morgan fingerprint density at radius 3 is 3.11 bits per heavy atom. The molecule has 0 bridgehead atoms. The summed E-state index contributed by atoms with van der Waals surface area (Å²) in [5.41, 5.74) is 0.401. The Bertz CT molecular complexity index is 643. The molecule has 2 N–H and O–H groups in total. The monoisotopic (exact) mass is 261 g/mol. The van der Waals surface area contributed by atoms with Gasteiger partial charge < -0.3 is 10.3 Å². The fraction of sp³-hybridized carbons (Fsp3) is 0.273. The third-order valence-electron chi connectivity index (χ3n) is 2.65. The zero-order valence-corrected chi connectivity index (χ0v) is 10.3. The van der Waals surface area contributed by atoms with Crippen molar-refractivity contribution in [3.8, 4) is 5.82 Å². The highest BCUT2D eigenvalue weighted by Crippen LogP contribution is 2.19. The number of carbonyl (C=O) groups excluding carboxylic acids is 1. The highest BCUT2D eigenvalue weighted by atomic mass is 32.1. The normalized spacial score (nSPS) is 14.4. The molecule has 0 unspecified atom stereocenters. The molecule has 0 aromatic carbocycles. The summed E-state index contributed by atoms with van der Waals surface area (Å²) in [6.07, 6.45) is 5.33. The van der Waals surface area contributed by atoms with Crippen LogP contribution in [0.5, 0.6) is 0 Å². The molecule has 0 spiro atoms. The van der Waals surface area contributed by atoms with Crippen LogP contribution < -0.4 is 5.32 Å². The third-order valence-corrected chi connectivity index (χ3v) is 2.87. The Hall–Kier alpha value is -2.02. The van der Waals surface area contributed by atoms with Crippen molar-refractivity contribution in [1.82, 2.24) is 25.1 Å². The molecule has 0 atom stereocenters. The first-order valence-corrected chi connectivity index (χ1v) is 6.05. The smallest absolute Gasteiger partial charge is 0.272 e. The maximum absolute atomic E-state index is 11.8. The molecule has 1 amide bonds. The van der Waals surface area contributed by atoms with Crippen LogP contribution in [-0.4, -0.2) is 31.7 Å². The average Bonchev–Trinajstić information content (AvgIpc) is 3.03. The van der Waals surface area contributed by atoms with Crippen molar-refractivity contribution in [2.75, 3.05) is 0 Å². The predicted molar refractivity (Wildman–Crippen MR) is 67.0 cm³/mol. The minimum Gasteiger partial charge on any atom is -0.348 e. The quantitative estimate of drug-likeness (QED) is 0.814. The highest BCUT2D eigenvalue weighted by Gasteiger charge is 2.24. The second-order valence-electron chi connectivity index (χ2n) is 4.16. The molecule has 1 fully saturated rings. The zero-order valence-electron chi connectivity index (χ0n) is 9.46. The molecule has 2 aromatic rings. The van der Waals surface area contributed by atoms with Gasteiger partial charge in [-0.15, -0.1) is 0 Å². The molecule has 0 aliphatic heterocycles. The number of H-pyrrole nitrogens is 1. The van der Waals surface area contributed by atoms with Gasteiger partial charge in [0, 0.05) is 18.3 Å². The van der Waals surface area contributed by atoms with E-state index in [4.69, 9.17) is 12.2 Å². The minimum absolute atomic E-state index is 0.135. The van der Waals surface area contributed by atoms with Crippen molar-refractivity contribution < 1.29 is 4.79 Å². The van der Waals surface area contributed by atoms with Crippen LogP contribution in [0.3, 0.4) is 0 Å². The lowest BCUT2D eigenvalue weighted by atomic mass is 10.4. The van der Waals surface area contributed by atoms with Crippen molar-refractivity contribution in [2.45, 2.75) is 18.9 Å². The molecule has 2 heterocycles. The second kappa shape index (κ2) is 4.34. The summed E-state index contributed by atoms with van der Waals surface area (Å²) in [5.74, 6) is 0.546. The van der Waals surface area contributed by atoms with Crippen molar-refractivity contribution in [3.05, 3.63) is 35.0 Å². The molecule has 92 valence electrons. The largest absolute Gasteiger partial charge is 0.348 e. The standard InChI is InChI=1S/C11H11N5OS/c17-11(14-7-1-2-7)8-3-4-16(15-8)9-5-10(18)13-6-12-9/h3-7H,1-2H2,(H,14,17)(H,12,13,18). The van der Waals surface area contributed by atoms with Crippen LogP contribution >= 0.6 is 12.2 Å². The molecule has 2 aromatic heterocycles. The lowest BCUT2D eigenvalue weighted by Gasteiger charge is -2.01. The summed E-state index contributed by atoms with van der Waals surface area (Å²) in [4.78, 5) is 18.6. The predicted octanol–water partition coefficient (Wildman–Crippen LogP) is 1.22. The third kappa shape index (κ3) is 2.30. The van der Waals surface area contributed by atoms with E-state index in [0.717, 1.165) is 12.8 Å². The van der Waals surface area contributed by atoms with Gasteiger partial charge in [0.05, 0.1) is 6.33 Å².